The average molecular weight is 195 g/mol. The molecule has 0 saturated carbocycles. The van der Waals surface area contributed by atoms with Gasteiger partial charge in [-0.2, -0.15) is 0 Å². The predicted octanol–water partition coefficient (Wildman–Crippen LogP) is 2.14. The van der Waals surface area contributed by atoms with Gasteiger partial charge < -0.3 is 9.88 Å². The molecule has 0 saturated heterocycles. The van der Waals surface area contributed by atoms with Crippen molar-refractivity contribution in [1.29, 1.82) is 0 Å². The number of rotatable bonds is 3. The van der Waals surface area contributed by atoms with Crippen LogP contribution >= 0.6 is 0 Å². The Morgan fingerprint density at radius 2 is 2.07 bits per heavy atom. The minimum absolute atomic E-state index is 0.116. The number of nitrogens with one attached hydrogen (secondary N) is 1. The molecule has 0 atom stereocenters. The van der Waals surface area contributed by atoms with Crippen LogP contribution in [0.3, 0.4) is 0 Å². The van der Waals surface area contributed by atoms with Gasteiger partial charge in [-0.05, 0) is 20.8 Å². The van der Waals surface area contributed by atoms with Crippen LogP contribution in [-0.2, 0) is 12.1 Å². The van der Waals surface area contributed by atoms with Gasteiger partial charge in [0.1, 0.15) is 0 Å². The molecule has 1 aromatic heterocycles. The van der Waals surface area contributed by atoms with E-state index < -0.39 is 0 Å². The first kappa shape index (κ1) is 11.2. The Kier molecular flexibility index (Phi) is 3.32. The van der Waals surface area contributed by atoms with Crippen LogP contribution in [0.1, 0.15) is 40.3 Å². The molecule has 0 aliphatic carbocycles. The van der Waals surface area contributed by atoms with E-state index in [2.05, 4.69) is 49.5 Å². The zero-order valence-corrected chi connectivity index (χ0v) is 9.83. The molecule has 0 aliphatic heterocycles. The van der Waals surface area contributed by atoms with E-state index in [-0.39, 0.29) is 5.54 Å². The summed E-state index contributed by atoms with van der Waals surface area (Å²) >= 11 is 0. The van der Waals surface area contributed by atoms with Gasteiger partial charge in [0.05, 0.1) is 12.0 Å². The first-order valence-corrected chi connectivity index (χ1v) is 5.16. The SMILES string of the molecule is CC(C)NCc1cncn1C(C)(C)C. The maximum atomic E-state index is 4.19. The maximum absolute atomic E-state index is 4.19. The molecule has 1 heterocycles. The van der Waals surface area contributed by atoms with Crippen LogP contribution in [0.2, 0.25) is 0 Å². The molecule has 3 nitrogen and oxygen atoms in total. The van der Waals surface area contributed by atoms with E-state index in [0.717, 1.165) is 6.54 Å². The average Bonchev–Trinajstić information content (AvgIpc) is 2.46. The fraction of sp³-hybridized carbons (Fsp3) is 0.727. The normalized spacial score (nSPS) is 12.4. The Morgan fingerprint density at radius 3 is 2.57 bits per heavy atom. The molecular weight excluding hydrogens is 174 g/mol. The van der Waals surface area contributed by atoms with E-state index in [9.17, 15) is 0 Å². The van der Waals surface area contributed by atoms with Gasteiger partial charge in [-0.3, -0.25) is 0 Å². The molecule has 0 radical (unpaired) electrons. The molecule has 0 bridgehead atoms. The fourth-order valence-corrected chi connectivity index (χ4v) is 1.37. The summed E-state index contributed by atoms with van der Waals surface area (Å²) in [6, 6.07) is 0.512. The first-order chi connectivity index (χ1) is 6.41. The van der Waals surface area contributed by atoms with E-state index in [4.69, 9.17) is 0 Å². The number of imidazole rings is 1. The number of nitrogens with zero attached hydrogens (tertiary/aromatic N) is 2. The molecule has 1 aromatic rings. The summed E-state index contributed by atoms with van der Waals surface area (Å²) in [6.07, 6.45) is 3.83. The second-order valence-corrected chi connectivity index (χ2v) is 4.96. The minimum Gasteiger partial charge on any atom is -0.328 e. The van der Waals surface area contributed by atoms with Crippen molar-refractivity contribution in [3.05, 3.63) is 18.2 Å². The van der Waals surface area contributed by atoms with Gasteiger partial charge in [0.15, 0.2) is 0 Å². The molecule has 0 unspecified atom stereocenters. The van der Waals surface area contributed by atoms with Crippen LogP contribution in [0, 0.1) is 0 Å². The second-order valence-electron chi connectivity index (χ2n) is 4.96. The van der Waals surface area contributed by atoms with E-state index in [0.29, 0.717) is 6.04 Å². The lowest BCUT2D eigenvalue weighted by Gasteiger charge is -2.24. The number of aromatic nitrogens is 2. The minimum atomic E-state index is 0.116. The summed E-state index contributed by atoms with van der Waals surface area (Å²) < 4.78 is 2.21. The van der Waals surface area contributed by atoms with Crippen molar-refractivity contribution in [2.75, 3.05) is 0 Å². The Labute approximate surface area is 86.5 Å². The monoisotopic (exact) mass is 195 g/mol. The smallest absolute Gasteiger partial charge is 0.0953 e. The molecule has 0 aromatic carbocycles. The highest BCUT2D eigenvalue weighted by atomic mass is 15.1. The van der Waals surface area contributed by atoms with E-state index in [1.165, 1.54) is 5.69 Å². The first-order valence-electron chi connectivity index (χ1n) is 5.16. The summed E-state index contributed by atoms with van der Waals surface area (Å²) in [7, 11) is 0. The van der Waals surface area contributed by atoms with Gasteiger partial charge in [-0.15, -0.1) is 0 Å². The van der Waals surface area contributed by atoms with Crippen molar-refractivity contribution in [3.8, 4) is 0 Å². The van der Waals surface area contributed by atoms with Crippen molar-refractivity contribution in [1.82, 2.24) is 14.9 Å². The zero-order chi connectivity index (χ0) is 10.8. The molecule has 1 rings (SSSR count). The van der Waals surface area contributed by atoms with Crippen molar-refractivity contribution in [3.63, 3.8) is 0 Å². The Balaban J connectivity index is 2.73. The van der Waals surface area contributed by atoms with Crippen LogP contribution in [0.4, 0.5) is 0 Å². The number of hydrogen-bond acceptors (Lipinski definition) is 2. The number of hydrogen-bond donors (Lipinski definition) is 1. The van der Waals surface area contributed by atoms with Crippen LogP contribution < -0.4 is 5.32 Å². The van der Waals surface area contributed by atoms with Gasteiger partial charge in [-0.25, -0.2) is 4.98 Å². The predicted molar refractivity (Wildman–Crippen MR) is 59.2 cm³/mol. The Morgan fingerprint density at radius 1 is 1.43 bits per heavy atom. The third-order valence-corrected chi connectivity index (χ3v) is 2.13. The third-order valence-electron chi connectivity index (χ3n) is 2.13. The van der Waals surface area contributed by atoms with Gasteiger partial charge in [0, 0.05) is 24.3 Å². The molecule has 0 aliphatic rings. The van der Waals surface area contributed by atoms with Gasteiger partial charge >= 0.3 is 0 Å². The summed E-state index contributed by atoms with van der Waals surface area (Å²) in [5, 5.41) is 3.40. The molecule has 3 heteroatoms. The molecule has 0 spiro atoms. The van der Waals surface area contributed by atoms with Crippen LogP contribution in [0.15, 0.2) is 12.5 Å². The van der Waals surface area contributed by atoms with Crippen molar-refractivity contribution >= 4 is 0 Å². The van der Waals surface area contributed by atoms with E-state index >= 15 is 0 Å². The van der Waals surface area contributed by atoms with Crippen LogP contribution in [-0.4, -0.2) is 15.6 Å². The summed E-state index contributed by atoms with van der Waals surface area (Å²) in [6.45, 7) is 11.7. The van der Waals surface area contributed by atoms with Gasteiger partial charge in [0.25, 0.3) is 0 Å². The topological polar surface area (TPSA) is 29.9 Å². The molecule has 14 heavy (non-hydrogen) atoms. The van der Waals surface area contributed by atoms with Crippen molar-refractivity contribution in [2.45, 2.75) is 52.7 Å². The lowest BCUT2D eigenvalue weighted by molar-refractivity contribution is 0.377. The molecule has 0 amide bonds. The highest BCUT2D eigenvalue weighted by molar-refractivity contribution is 5.01. The molecule has 1 N–H and O–H groups in total. The highest BCUT2D eigenvalue weighted by Gasteiger charge is 2.15. The summed E-state index contributed by atoms with van der Waals surface area (Å²) in [5.41, 5.74) is 1.36. The van der Waals surface area contributed by atoms with Crippen LogP contribution in [0.25, 0.3) is 0 Å². The Bertz CT molecular complexity index is 281. The zero-order valence-electron chi connectivity index (χ0n) is 9.83. The maximum Gasteiger partial charge on any atom is 0.0953 e. The quantitative estimate of drug-likeness (QED) is 0.800. The highest BCUT2D eigenvalue weighted by Crippen LogP contribution is 2.16. The summed E-state index contributed by atoms with van der Waals surface area (Å²) in [4.78, 5) is 4.19. The van der Waals surface area contributed by atoms with Crippen molar-refractivity contribution in [2.24, 2.45) is 0 Å². The largest absolute Gasteiger partial charge is 0.328 e. The molecule has 0 fully saturated rings. The van der Waals surface area contributed by atoms with Gasteiger partial charge in [-0.1, -0.05) is 13.8 Å². The lowest BCUT2D eigenvalue weighted by Crippen LogP contribution is -2.28. The molecular formula is C11H21N3. The van der Waals surface area contributed by atoms with E-state index in [1.54, 1.807) is 0 Å². The summed E-state index contributed by atoms with van der Waals surface area (Å²) in [5.74, 6) is 0. The van der Waals surface area contributed by atoms with Crippen LogP contribution in [0.5, 0.6) is 0 Å². The third kappa shape index (κ3) is 2.84. The second kappa shape index (κ2) is 4.13. The lowest BCUT2D eigenvalue weighted by atomic mass is 10.1. The van der Waals surface area contributed by atoms with Crippen molar-refractivity contribution < 1.29 is 0 Å². The molecule has 80 valence electrons. The fourth-order valence-electron chi connectivity index (χ4n) is 1.37. The van der Waals surface area contributed by atoms with Gasteiger partial charge in [0.2, 0.25) is 0 Å². The van der Waals surface area contributed by atoms with E-state index in [1.807, 2.05) is 12.5 Å². The standard InChI is InChI=1S/C11H21N3/c1-9(2)13-7-10-6-12-8-14(10)11(3,4)5/h6,8-9,13H,7H2,1-5H3. The Hall–Kier alpha value is -0.830.